The summed E-state index contributed by atoms with van der Waals surface area (Å²) in [5, 5.41) is 14.7. The molecule has 7 aromatic carbocycles. The Balaban J connectivity index is 1.33. The quantitative estimate of drug-likeness (QED) is 0.183. The monoisotopic (exact) mass is 610 g/mol. The molecule has 4 heteroatoms. The van der Waals surface area contributed by atoms with Crippen LogP contribution in [0.3, 0.4) is 0 Å². The van der Waals surface area contributed by atoms with Crippen molar-refractivity contribution in [1.82, 2.24) is 9.13 Å². The van der Waals surface area contributed by atoms with Gasteiger partial charge in [0, 0.05) is 38.5 Å². The van der Waals surface area contributed by atoms with Crippen molar-refractivity contribution < 1.29 is 0 Å². The van der Waals surface area contributed by atoms with Crippen LogP contribution in [0.2, 0.25) is 0 Å². The normalized spacial score (nSPS) is 11.3. The molecule has 0 saturated carbocycles. The molecule has 0 spiro atoms. The highest BCUT2D eigenvalue weighted by Gasteiger charge is 2.21. The van der Waals surface area contributed by atoms with Gasteiger partial charge in [-0.25, -0.2) is 4.85 Å². The highest BCUT2D eigenvalue weighted by molar-refractivity contribution is 6.12. The largest absolute Gasteiger partial charge is 0.309 e. The fraction of sp³-hybridized carbons (Fsp3) is 0. The van der Waals surface area contributed by atoms with Crippen LogP contribution in [-0.2, 0) is 0 Å². The molecule has 2 aromatic heterocycles. The fourth-order valence-corrected chi connectivity index (χ4v) is 7.31. The molecule has 0 fully saturated rings. The molecule has 222 valence electrons. The second kappa shape index (κ2) is 10.9. The molecule has 0 aliphatic carbocycles. The van der Waals surface area contributed by atoms with E-state index in [9.17, 15) is 5.26 Å². The predicted molar refractivity (Wildman–Crippen MR) is 197 cm³/mol. The molecule has 0 amide bonds. The average molecular weight is 611 g/mol. The summed E-state index contributed by atoms with van der Waals surface area (Å²) in [5.74, 6) is 0. The number of hydrogen-bond donors (Lipinski definition) is 0. The van der Waals surface area contributed by atoms with Crippen molar-refractivity contribution >= 4 is 49.3 Å². The van der Waals surface area contributed by atoms with Gasteiger partial charge < -0.3 is 9.13 Å². The minimum atomic E-state index is 0.606. The summed E-state index contributed by atoms with van der Waals surface area (Å²) in [7, 11) is 0. The maximum Gasteiger partial charge on any atom is 0.188 e. The van der Waals surface area contributed by atoms with Gasteiger partial charge in [-0.3, -0.25) is 0 Å². The van der Waals surface area contributed by atoms with E-state index >= 15 is 0 Å². The van der Waals surface area contributed by atoms with Crippen LogP contribution in [0.5, 0.6) is 0 Å². The zero-order valence-corrected chi connectivity index (χ0v) is 25.8. The molecule has 4 nitrogen and oxygen atoms in total. The van der Waals surface area contributed by atoms with E-state index in [0.29, 0.717) is 11.3 Å². The first-order valence-electron chi connectivity index (χ1n) is 15.9. The predicted octanol–water partition coefficient (Wildman–Crippen LogP) is 11.6. The molecular formula is C44H26N4. The lowest BCUT2D eigenvalue weighted by Crippen LogP contribution is -2.01. The van der Waals surface area contributed by atoms with Gasteiger partial charge in [0.25, 0.3) is 0 Å². The first kappa shape index (κ1) is 27.4. The summed E-state index contributed by atoms with van der Waals surface area (Å²) in [5.41, 5.74) is 11.7. The van der Waals surface area contributed by atoms with E-state index in [0.717, 1.165) is 55.4 Å². The number of fused-ring (bicyclic) bond motifs is 6. The van der Waals surface area contributed by atoms with Crippen molar-refractivity contribution in [3.63, 3.8) is 0 Å². The smallest absolute Gasteiger partial charge is 0.188 e. The van der Waals surface area contributed by atoms with Crippen LogP contribution in [0.1, 0.15) is 5.56 Å². The van der Waals surface area contributed by atoms with Crippen LogP contribution in [-0.4, -0.2) is 9.13 Å². The molecule has 0 saturated heterocycles. The van der Waals surface area contributed by atoms with Crippen molar-refractivity contribution in [2.24, 2.45) is 0 Å². The van der Waals surface area contributed by atoms with Crippen molar-refractivity contribution in [3.8, 4) is 39.7 Å². The van der Waals surface area contributed by atoms with Crippen LogP contribution in [0.25, 0.3) is 82.1 Å². The average Bonchev–Trinajstić information content (AvgIpc) is 3.67. The van der Waals surface area contributed by atoms with Crippen LogP contribution in [0, 0.1) is 17.9 Å². The summed E-state index contributed by atoms with van der Waals surface area (Å²) >= 11 is 0. The Morgan fingerprint density at radius 1 is 0.479 bits per heavy atom. The molecule has 48 heavy (non-hydrogen) atoms. The first-order valence-corrected chi connectivity index (χ1v) is 15.9. The Morgan fingerprint density at radius 2 is 1.02 bits per heavy atom. The third-order valence-corrected chi connectivity index (χ3v) is 9.40. The van der Waals surface area contributed by atoms with Gasteiger partial charge in [0.05, 0.1) is 46.0 Å². The first-order chi connectivity index (χ1) is 23.7. The number of nitrogens with zero attached hydrogens (tertiary/aromatic N) is 4. The standard InChI is InChI=1S/C44H26N4/c1-46-31-23-26-43-39(27-31)37-15-6-9-20-42(37)48(43)44-34(16-10-17-38(44)33-12-3-2-11-30(33)28-45)29-21-24-32(25-22-29)47-40-18-7-4-13-35(40)36-14-5-8-19-41(36)47/h2-27H. The van der Waals surface area contributed by atoms with Crippen molar-refractivity contribution in [1.29, 1.82) is 5.26 Å². The van der Waals surface area contributed by atoms with E-state index in [-0.39, 0.29) is 0 Å². The second-order valence-corrected chi connectivity index (χ2v) is 11.9. The number of nitriles is 1. The van der Waals surface area contributed by atoms with Gasteiger partial charge in [0.2, 0.25) is 0 Å². The van der Waals surface area contributed by atoms with Gasteiger partial charge in [-0.15, -0.1) is 0 Å². The molecule has 9 aromatic rings. The van der Waals surface area contributed by atoms with Gasteiger partial charge >= 0.3 is 0 Å². The van der Waals surface area contributed by atoms with E-state index in [1.807, 2.05) is 48.5 Å². The van der Waals surface area contributed by atoms with Crippen LogP contribution >= 0.6 is 0 Å². The van der Waals surface area contributed by atoms with Crippen molar-refractivity contribution in [2.75, 3.05) is 0 Å². The lowest BCUT2D eigenvalue weighted by atomic mass is 9.93. The summed E-state index contributed by atoms with van der Waals surface area (Å²) < 4.78 is 4.63. The van der Waals surface area contributed by atoms with Gasteiger partial charge in [-0.05, 0) is 59.5 Å². The van der Waals surface area contributed by atoms with E-state index < -0.39 is 0 Å². The molecule has 0 N–H and O–H groups in total. The molecule has 0 bridgehead atoms. The van der Waals surface area contributed by atoms with E-state index in [4.69, 9.17) is 6.57 Å². The molecule has 0 aliphatic heterocycles. The molecule has 0 aliphatic rings. The Bertz CT molecular complexity index is 2750. The van der Waals surface area contributed by atoms with Gasteiger partial charge in [-0.2, -0.15) is 5.26 Å². The number of hydrogen-bond acceptors (Lipinski definition) is 1. The SMILES string of the molecule is [C-]#[N+]c1ccc2c(c1)c1ccccc1n2-c1c(-c2ccc(-n3c4ccccc4c4ccccc43)cc2)cccc1-c1ccccc1C#N. The summed E-state index contributed by atoms with van der Waals surface area (Å²) in [6.07, 6.45) is 0. The Kier molecular flexibility index (Phi) is 6.22. The Morgan fingerprint density at radius 3 is 1.69 bits per heavy atom. The Labute approximate surface area is 277 Å². The van der Waals surface area contributed by atoms with Gasteiger partial charge in [0.1, 0.15) is 0 Å². The third-order valence-electron chi connectivity index (χ3n) is 9.40. The summed E-state index contributed by atoms with van der Waals surface area (Å²) in [4.78, 5) is 3.73. The van der Waals surface area contributed by atoms with Gasteiger partial charge in [-0.1, -0.05) is 109 Å². The van der Waals surface area contributed by atoms with Crippen molar-refractivity contribution in [3.05, 3.63) is 175 Å². The number of aromatic nitrogens is 2. The maximum atomic E-state index is 10.2. The number of benzene rings is 7. The lowest BCUT2D eigenvalue weighted by Gasteiger charge is -2.20. The van der Waals surface area contributed by atoms with Crippen LogP contribution < -0.4 is 0 Å². The summed E-state index contributed by atoms with van der Waals surface area (Å²) in [6, 6.07) is 56.7. The van der Waals surface area contributed by atoms with Gasteiger partial charge in [0.15, 0.2) is 5.69 Å². The highest BCUT2D eigenvalue weighted by atomic mass is 15.0. The summed E-state index contributed by atoms with van der Waals surface area (Å²) in [6.45, 7) is 7.68. The minimum Gasteiger partial charge on any atom is -0.309 e. The fourth-order valence-electron chi connectivity index (χ4n) is 7.31. The van der Waals surface area contributed by atoms with E-state index in [1.54, 1.807) is 0 Å². The Hall–Kier alpha value is -6.88. The van der Waals surface area contributed by atoms with E-state index in [1.165, 1.54) is 21.8 Å². The highest BCUT2D eigenvalue weighted by Crippen LogP contribution is 2.43. The van der Waals surface area contributed by atoms with Crippen molar-refractivity contribution in [2.45, 2.75) is 0 Å². The molecule has 0 atom stereocenters. The second-order valence-electron chi connectivity index (χ2n) is 11.9. The topological polar surface area (TPSA) is 38.0 Å². The molecule has 0 unspecified atom stereocenters. The molecule has 9 rings (SSSR count). The van der Waals surface area contributed by atoms with E-state index in [2.05, 4.69) is 129 Å². The molecule has 2 heterocycles. The molecule has 0 radical (unpaired) electrons. The van der Waals surface area contributed by atoms with Crippen LogP contribution in [0.4, 0.5) is 5.69 Å². The third kappa shape index (κ3) is 4.07. The minimum absolute atomic E-state index is 0.606. The zero-order chi connectivity index (χ0) is 32.2. The zero-order valence-electron chi connectivity index (χ0n) is 25.8. The lowest BCUT2D eigenvalue weighted by molar-refractivity contribution is 1.17. The van der Waals surface area contributed by atoms with Crippen LogP contribution in [0.15, 0.2) is 158 Å². The number of para-hydroxylation sites is 4. The molecular weight excluding hydrogens is 585 g/mol. The maximum absolute atomic E-state index is 10.2. The number of rotatable bonds is 4.